The molecule has 7 heteroatoms. The second kappa shape index (κ2) is 6.07. The molecule has 114 valence electrons. The highest BCUT2D eigenvalue weighted by molar-refractivity contribution is 6.36. The molecule has 3 rings (SSSR count). The van der Waals surface area contributed by atoms with Crippen molar-refractivity contribution < 1.29 is 5.21 Å². The number of nitrogens with zero attached hydrogens (tertiary/aromatic N) is 4. The van der Waals surface area contributed by atoms with Crippen molar-refractivity contribution in [2.24, 2.45) is 10.9 Å². The minimum absolute atomic E-state index is 0.0138. The lowest BCUT2D eigenvalue weighted by atomic mass is 9.99. The summed E-state index contributed by atoms with van der Waals surface area (Å²) in [7, 11) is 0. The molecular weight excluding hydrogens is 290 g/mol. The molecule has 2 saturated heterocycles. The highest BCUT2D eigenvalue weighted by atomic mass is 35.5. The minimum atomic E-state index is 0.0138. The van der Waals surface area contributed by atoms with Gasteiger partial charge >= 0.3 is 0 Å². The second-order valence-electron chi connectivity index (χ2n) is 5.61. The number of oxime groups is 1. The highest BCUT2D eigenvalue weighted by Gasteiger charge is 2.30. The number of amidine groups is 1. The normalized spacial score (nSPS) is 24.0. The van der Waals surface area contributed by atoms with Crippen molar-refractivity contribution in [2.75, 3.05) is 31.1 Å². The Kier molecular flexibility index (Phi) is 4.17. The number of piperidine rings is 1. The van der Waals surface area contributed by atoms with E-state index < -0.39 is 0 Å². The molecule has 0 bridgehead atoms. The number of anilines is 1. The van der Waals surface area contributed by atoms with Gasteiger partial charge in [0, 0.05) is 37.4 Å². The number of fused-ring (bicyclic) bond motifs is 1. The van der Waals surface area contributed by atoms with Crippen LogP contribution in [0.25, 0.3) is 0 Å². The third-order valence-electron chi connectivity index (χ3n) is 4.39. The van der Waals surface area contributed by atoms with Gasteiger partial charge in [0.25, 0.3) is 0 Å². The van der Waals surface area contributed by atoms with Crippen molar-refractivity contribution >= 4 is 23.3 Å². The zero-order valence-corrected chi connectivity index (χ0v) is 12.6. The first-order valence-electron chi connectivity index (χ1n) is 7.32. The Balaban J connectivity index is 1.84. The standard InChI is InChI=1S/C14H20ClN5O/c15-12-11(13(16)18-21)4-5-17-14(12)20-8-7-19-6-2-1-3-10(19)9-20/h4-5,10,21H,1-3,6-9H2,(H2,16,18). The summed E-state index contributed by atoms with van der Waals surface area (Å²) in [5.41, 5.74) is 6.18. The van der Waals surface area contributed by atoms with Crippen LogP contribution >= 0.6 is 11.6 Å². The molecule has 1 unspecified atom stereocenters. The molecule has 0 amide bonds. The monoisotopic (exact) mass is 309 g/mol. The van der Waals surface area contributed by atoms with Crippen LogP contribution in [0.3, 0.4) is 0 Å². The quantitative estimate of drug-likeness (QED) is 0.375. The third-order valence-corrected chi connectivity index (χ3v) is 4.76. The maximum absolute atomic E-state index is 8.83. The lowest BCUT2D eigenvalue weighted by Gasteiger charge is -2.44. The van der Waals surface area contributed by atoms with Gasteiger partial charge in [0.15, 0.2) is 5.84 Å². The van der Waals surface area contributed by atoms with Gasteiger partial charge in [-0.1, -0.05) is 23.2 Å². The van der Waals surface area contributed by atoms with Crippen molar-refractivity contribution in [2.45, 2.75) is 25.3 Å². The Morgan fingerprint density at radius 2 is 2.24 bits per heavy atom. The molecule has 1 atom stereocenters. The summed E-state index contributed by atoms with van der Waals surface area (Å²) in [6.45, 7) is 4.08. The molecule has 3 N–H and O–H groups in total. The molecule has 2 aliphatic rings. The largest absolute Gasteiger partial charge is 0.409 e. The van der Waals surface area contributed by atoms with Crippen LogP contribution in [0.1, 0.15) is 24.8 Å². The summed E-state index contributed by atoms with van der Waals surface area (Å²) < 4.78 is 0. The van der Waals surface area contributed by atoms with Crippen LogP contribution in [-0.4, -0.2) is 53.1 Å². The minimum Gasteiger partial charge on any atom is -0.409 e. The van der Waals surface area contributed by atoms with Crippen molar-refractivity contribution in [3.05, 3.63) is 22.8 Å². The fourth-order valence-corrected chi connectivity index (χ4v) is 3.58. The van der Waals surface area contributed by atoms with Gasteiger partial charge in [-0.15, -0.1) is 0 Å². The first kappa shape index (κ1) is 14.4. The molecule has 0 radical (unpaired) electrons. The molecule has 0 aromatic carbocycles. The summed E-state index contributed by atoms with van der Waals surface area (Å²) >= 11 is 6.40. The molecule has 21 heavy (non-hydrogen) atoms. The van der Waals surface area contributed by atoms with Crippen molar-refractivity contribution in [1.29, 1.82) is 0 Å². The van der Waals surface area contributed by atoms with Crippen LogP contribution in [0.4, 0.5) is 5.82 Å². The molecule has 0 saturated carbocycles. The van der Waals surface area contributed by atoms with E-state index in [1.54, 1.807) is 12.3 Å². The summed E-state index contributed by atoms with van der Waals surface area (Å²) in [6.07, 6.45) is 5.48. The molecule has 0 aliphatic carbocycles. The maximum atomic E-state index is 8.83. The van der Waals surface area contributed by atoms with E-state index in [-0.39, 0.29) is 5.84 Å². The molecule has 1 aromatic rings. The Labute approximate surface area is 129 Å². The van der Waals surface area contributed by atoms with Gasteiger partial charge in [-0.05, 0) is 25.5 Å². The van der Waals surface area contributed by atoms with Crippen LogP contribution < -0.4 is 10.6 Å². The zero-order chi connectivity index (χ0) is 14.8. The van der Waals surface area contributed by atoms with E-state index in [4.69, 9.17) is 22.5 Å². The summed E-state index contributed by atoms with van der Waals surface area (Å²) in [5, 5.41) is 12.3. The van der Waals surface area contributed by atoms with E-state index in [2.05, 4.69) is 19.9 Å². The Morgan fingerprint density at radius 1 is 1.38 bits per heavy atom. The fraction of sp³-hybridized carbons (Fsp3) is 0.571. The van der Waals surface area contributed by atoms with Crippen LogP contribution in [0, 0.1) is 0 Å². The number of pyridine rings is 1. The Bertz CT molecular complexity index is 550. The number of halogens is 1. The molecule has 6 nitrogen and oxygen atoms in total. The lowest BCUT2D eigenvalue weighted by molar-refractivity contribution is 0.133. The number of hydrogen-bond acceptors (Lipinski definition) is 5. The number of rotatable bonds is 2. The Hall–Kier alpha value is -1.53. The maximum Gasteiger partial charge on any atom is 0.171 e. The van der Waals surface area contributed by atoms with Crippen LogP contribution in [0.5, 0.6) is 0 Å². The predicted molar refractivity (Wildman–Crippen MR) is 83.2 cm³/mol. The van der Waals surface area contributed by atoms with Gasteiger partial charge in [-0.25, -0.2) is 4.98 Å². The lowest BCUT2D eigenvalue weighted by Crippen LogP contribution is -2.55. The van der Waals surface area contributed by atoms with Crippen molar-refractivity contribution in [3.63, 3.8) is 0 Å². The third kappa shape index (κ3) is 2.78. The predicted octanol–water partition coefficient (Wildman–Crippen LogP) is 1.50. The van der Waals surface area contributed by atoms with Crippen LogP contribution in [-0.2, 0) is 0 Å². The van der Waals surface area contributed by atoms with E-state index >= 15 is 0 Å². The van der Waals surface area contributed by atoms with Gasteiger partial charge < -0.3 is 15.8 Å². The fourth-order valence-electron chi connectivity index (χ4n) is 3.25. The molecular formula is C14H20ClN5O. The van der Waals surface area contributed by atoms with Crippen molar-refractivity contribution in [3.8, 4) is 0 Å². The smallest absolute Gasteiger partial charge is 0.171 e. The Morgan fingerprint density at radius 3 is 3.05 bits per heavy atom. The molecule has 0 spiro atoms. The zero-order valence-electron chi connectivity index (χ0n) is 11.9. The molecule has 2 aliphatic heterocycles. The number of aromatic nitrogens is 1. The highest BCUT2D eigenvalue weighted by Crippen LogP contribution is 2.30. The average Bonchev–Trinajstić information content (AvgIpc) is 2.54. The van der Waals surface area contributed by atoms with Crippen molar-refractivity contribution in [1.82, 2.24) is 9.88 Å². The first-order valence-corrected chi connectivity index (χ1v) is 7.70. The SMILES string of the molecule is N/C(=N/O)c1ccnc(N2CCN3CCCCC3C2)c1Cl. The molecule has 1 aromatic heterocycles. The van der Waals surface area contributed by atoms with Gasteiger partial charge in [0.1, 0.15) is 5.82 Å². The summed E-state index contributed by atoms with van der Waals surface area (Å²) in [6, 6.07) is 2.25. The number of hydrogen-bond donors (Lipinski definition) is 2. The van der Waals surface area contributed by atoms with Crippen LogP contribution in [0.15, 0.2) is 17.4 Å². The van der Waals surface area contributed by atoms with Gasteiger partial charge in [0.05, 0.1) is 5.02 Å². The molecule has 2 fully saturated rings. The van der Waals surface area contributed by atoms with Gasteiger partial charge in [-0.3, -0.25) is 4.90 Å². The van der Waals surface area contributed by atoms with E-state index in [0.717, 1.165) is 25.5 Å². The second-order valence-corrected chi connectivity index (χ2v) is 5.99. The topological polar surface area (TPSA) is 78.0 Å². The summed E-state index contributed by atoms with van der Waals surface area (Å²) in [4.78, 5) is 9.17. The van der Waals surface area contributed by atoms with Gasteiger partial charge in [0.2, 0.25) is 0 Å². The van der Waals surface area contributed by atoms with E-state index in [0.29, 0.717) is 16.6 Å². The average molecular weight is 310 g/mol. The van der Waals surface area contributed by atoms with E-state index in [1.165, 1.54) is 25.8 Å². The van der Waals surface area contributed by atoms with Crippen LogP contribution in [0.2, 0.25) is 5.02 Å². The van der Waals surface area contributed by atoms with Gasteiger partial charge in [-0.2, -0.15) is 0 Å². The van der Waals surface area contributed by atoms with E-state index in [1.807, 2.05) is 0 Å². The summed E-state index contributed by atoms with van der Waals surface area (Å²) in [5.74, 6) is 0.742. The number of nitrogens with two attached hydrogens (primary N) is 1. The molecule has 3 heterocycles. The van der Waals surface area contributed by atoms with E-state index in [9.17, 15) is 0 Å². The number of piperazine rings is 1. The first-order chi connectivity index (χ1) is 10.2.